The fourth-order valence-electron chi connectivity index (χ4n) is 4.26. The van der Waals surface area contributed by atoms with E-state index in [-0.39, 0.29) is 12.1 Å². The highest BCUT2D eigenvalue weighted by Gasteiger charge is 2.25. The lowest BCUT2D eigenvalue weighted by Gasteiger charge is -2.11. The van der Waals surface area contributed by atoms with Crippen LogP contribution < -0.4 is 16.6 Å². The van der Waals surface area contributed by atoms with E-state index < -0.39 is 11.8 Å². The first-order chi connectivity index (χ1) is 15.9. The number of primary amides is 1. The summed E-state index contributed by atoms with van der Waals surface area (Å²) < 4.78 is 1.31. The minimum Gasteiger partial charge on any atom is -0.365 e. The zero-order valence-corrected chi connectivity index (χ0v) is 19.6. The molecule has 0 radical (unpaired) electrons. The van der Waals surface area contributed by atoms with Gasteiger partial charge >= 0.3 is 0 Å². The maximum atomic E-state index is 13.3. The van der Waals surface area contributed by atoms with Gasteiger partial charge in [-0.25, -0.2) is 4.98 Å². The minimum atomic E-state index is -0.536. The highest BCUT2D eigenvalue weighted by molar-refractivity contribution is 7.17. The lowest BCUT2D eigenvalue weighted by atomic mass is 9.95. The van der Waals surface area contributed by atoms with Crippen LogP contribution in [-0.4, -0.2) is 21.4 Å². The van der Waals surface area contributed by atoms with Crippen molar-refractivity contribution in [1.29, 1.82) is 0 Å². The molecule has 5 rings (SSSR count). The normalized spacial score (nSPS) is 13.1. The first-order valence-corrected chi connectivity index (χ1v) is 12.4. The van der Waals surface area contributed by atoms with Crippen LogP contribution in [0.5, 0.6) is 0 Å². The molecule has 0 atom stereocenters. The Balaban J connectivity index is 1.45. The number of hydrogen-bond donors (Lipinski definition) is 2. The van der Waals surface area contributed by atoms with Crippen LogP contribution in [0, 0.1) is 6.92 Å². The van der Waals surface area contributed by atoms with Gasteiger partial charge < -0.3 is 11.1 Å². The average Bonchev–Trinajstić information content (AvgIpc) is 3.38. The van der Waals surface area contributed by atoms with E-state index in [1.807, 2.05) is 36.6 Å². The Kier molecular flexibility index (Phi) is 5.59. The highest BCUT2D eigenvalue weighted by Crippen LogP contribution is 2.38. The molecule has 1 aromatic carbocycles. The predicted octanol–water partition coefficient (Wildman–Crippen LogP) is 4.11. The summed E-state index contributed by atoms with van der Waals surface area (Å²) in [6, 6.07) is 7.95. The number of hydrogen-bond acceptors (Lipinski definition) is 6. The quantitative estimate of drug-likeness (QED) is 0.450. The lowest BCUT2D eigenvalue weighted by Crippen LogP contribution is -2.28. The number of aryl methyl sites for hydroxylation is 2. The predicted molar refractivity (Wildman–Crippen MR) is 132 cm³/mol. The van der Waals surface area contributed by atoms with Crippen LogP contribution in [0.2, 0.25) is 0 Å². The van der Waals surface area contributed by atoms with Crippen LogP contribution in [-0.2, 0) is 24.2 Å². The second kappa shape index (κ2) is 8.57. The number of nitrogens with one attached hydrogen (secondary N) is 1. The summed E-state index contributed by atoms with van der Waals surface area (Å²) in [6.07, 6.45) is 5.14. The fraction of sp³-hybridized carbons (Fsp3) is 0.250. The standard InChI is InChI=1S/C24H22N4O3S2/c1-13-6-8-14(9-7-13)16-11-32-22-20(16)24(31)28(12-26-22)10-18(29)27-23-19(21(25)30)15-4-2-3-5-17(15)33-23/h6-9,11-12H,2-5,10H2,1H3,(H2,25,30)(H,27,29). The van der Waals surface area contributed by atoms with Crippen LogP contribution in [0.1, 0.15) is 39.2 Å². The van der Waals surface area contributed by atoms with Crippen molar-refractivity contribution in [3.8, 4) is 11.1 Å². The van der Waals surface area contributed by atoms with Crippen molar-refractivity contribution in [2.24, 2.45) is 5.73 Å². The van der Waals surface area contributed by atoms with Crippen molar-refractivity contribution in [3.05, 3.63) is 67.9 Å². The molecule has 33 heavy (non-hydrogen) atoms. The molecule has 7 nitrogen and oxygen atoms in total. The molecule has 1 aliphatic carbocycles. The third-order valence-electron chi connectivity index (χ3n) is 5.91. The van der Waals surface area contributed by atoms with Gasteiger partial charge in [0, 0.05) is 15.8 Å². The van der Waals surface area contributed by atoms with Crippen LogP contribution in [0.4, 0.5) is 5.00 Å². The molecular weight excluding hydrogens is 456 g/mol. The lowest BCUT2D eigenvalue weighted by molar-refractivity contribution is -0.116. The molecule has 0 unspecified atom stereocenters. The number of anilines is 1. The van der Waals surface area contributed by atoms with Crippen LogP contribution >= 0.6 is 22.7 Å². The average molecular weight is 479 g/mol. The Bertz CT molecular complexity index is 1450. The number of nitrogens with two attached hydrogens (primary N) is 1. The number of carbonyl (C=O) groups excluding carboxylic acids is 2. The monoisotopic (exact) mass is 478 g/mol. The van der Waals surface area contributed by atoms with Gasteiger partial charge in [0.05, 0.1) is 17.3 Å². The maximum Gasteiger partial charge on any atom is 0.263 e. The molecule has 2 amide bonds. The summed E-state index contributed by atoms with van der Waals surface area (Å²) in [7, 11) is 0. The van der Waals surface area contributed by atoms with E-state index in [1.165, 1.54) is 33.6 Å². The van der Waals surface area contributed by atoms with Gasteiger partial charge in [0.25, 0.3) is 11.5 Å². The molecule has 0 spiro atoms. The van der Waals surface area contributed by atoms with Crippen molar-refractivity contribution in [3.63, 3.8) is 0 Å². The van der Waals surface area contributed by atoms with Gasteiger partial charge in [-0.2, -0.15) is 0 Å². The van der Waals surface area contributed by atoms with Gasteiger partial charge in [0.2, 0.25) is 5.91 Å². The fourth-order valence-corrected chi connectivity index (χ4v) is 6.48. The van der Waals surface area contributed by atoms with Gasteiger partial charge in [0.1, 0.15) is 16.4 Å². The molecule has 3 aromatic heterocycles. The first kappa shape index (κ1) is 21.5. The van der Waals surface area contributed by atoms with Gasteiger partial charge in [-0.3, -0.25) is 19.0 Å². The number of benzene rings is 1. The number of amides is 2. The third-order valence-corrected chi connectivity index (χ3v) is 8.00. The maximum absolute atomic E-state index is 13.3. The number of carbonyl (C=O) groups is 2. The first-order valence-electron chi connectivity index (χ1n) is 10.7. The molecule has 4 aromatic rings. The summed E-state index contributed by atoms with van der Waals surface area (Å²) in [5.74, 6) is -0.933. The van der Waals surface area contributed by atoms with Crippen LogP contribution in [0.3, 0.4) is 0 Å². The number of thiophene rings is 2. The van der Waals surface area contributed by atoms with Gasteiger partial charge in [-0.1, -0.05) is 29.8 Å². The summed E-state index contributed by atoms with van der Waals surface area (Å²) in [5, 5.41) is 5.71. The molecule has 0 bridgehead atoms. The van der Waals surface area contributed by atoms with E-state index in [1.54, 1.807) is 0 Å². The molecule has 0 saturated carbocycles. The second-order valence-corrected chi connectivity index (χ2v) is 10.2. The molecule has 9 heteroatoms. The molecule has 3 heterocycles. The summed E-state index contributed by atoms with van der Waals surface area (Å²) in [5.41, 5.74) is 9.59. The Morgan fingerprint density at radius 1 is 1.18 bits per heavy atom. The van der Waals surface area contributed by atoms with Crippen LogP contribution in [0.25, 0.3) is 21.3 Å². The topological polar surface area (TPSA) is 107 Å². The van der Waals surface area contributed by atoms with E-state index in [0.717, 1.165) is 52.8 Å². The van der Waals surface area contributed by atoms with Crippen molar-refractivity contribution < 1.29 is 9.59 Å². The number of nitrogens with zero attached hydrogens (tertiary/aromatic N) is 2. The molecule has 168 valence electrons. The second-order valence-electron chi connectivity index (χ2n) is 8.20. The van der Waals surface area contributed by atoms with E-state index in [9.17, 15) is 14.4 Å². The molecule has 0 fully saturated rings. The number of rotatable bonds is 5. The Morgan fingerprint density at radius 2 is 1.94 bits per heavy atom. The van der Waals surface area contributed by atoms with Gasteiger partial charge in [-0.05, 0) is 43.7 Å². The Morgan fingerprint density at radius 3 is 2.70 bits per heavy atom. The zero-order chi connectivity index (χ0) is 23.1. The van der Waals surface area contributed by atoms with E-state index in [0.29, 0.717) is 20.8 Å². The Hall–Kier alpha value is -3.30. The summed E-state index contributed by atoms with van der Waals surface area (Å²) >= 11 is 2.81. The van der Waals surface area contributed by atoms with Crippen molar-refractivity contribution in [2.45, 2.75) is 39.2 Å². The van der Waals surface area contributed by atoms with Crippen LogP contribution in [0.15, 0.2) is 40.8 Å². The summed E-state index contributed by atoms with van der Waals surface area (Å²) in [6.45, 7) is 1.81. The molecule has 1 aliphatic rings. The number of aromatic nitrogens is 2. The van der Waals surface area contributed by atoms with E-state index in [2.05, 4.69) is 10.3 Å². The third kappa shape index (κ3) is 3.98. The Labute approximate surface area is 197 Å². The zero-order valence-electron chi connectivity index (χ0n) is 18.0. The molecule has 3 N–H and O–H groups in total. The summed E-state index contributed by atoms with van der Waals surface area (Å²) in [4.78, 5) is 44.3. The minimum absolute atomic E-state index is 0.203. The SMILES string of the molecule is Cc1ccc(-c2csc3ncn(CC(=O)Nc4sc5c(c4C(N)=O)CCCC5)c(=O)c23)cc1. The van der Waals surface area contributed by atoms with E-state index in [4.69, 9.17) is 5.73 Å². The largest absolute Gasteiger partial charge is 0.365 e. The van der Waals surface area contributed by atoms with Crippen molar-refractivity contribution in [1.82, 2.24) is 9.55 Å². The smallest absolute Gasteiger partial charge is 0.263 e. The highest BCUT2D eigenvalue weighted by atomic mass is 32.1. The van der Waals surface area contributed by atoms with E-state index >= 15 is 0 Å². The van der Waals surface area contributed by atoms with Crippen molar-refractivity contribution in [2.75, 3.05) is 5.32 Å². The molecule has 0 aliphatic heterocycles. The van der Waals surface area contributed by atoms with Crippen molar-refractivity contribution >= 4 is 49.7 Å². The molecular formula is C24H22N4O3S2. The number of fused-ring (bicyclic) bond motifs is 2. The van der Waals surface area contributed by atoms with Gasteiger partial charge in [-0.15, -0.1) is 22.7 Å². The van der Waals surface area contributed by atoms with Gasteiger partial charge in [0.15, 0.2) is 0 Å². The molecule has 0 saturated heterocycles.